The van der Waals surface area contributed by atoms with Crippen LogP contribution in [0.2, 0.25) is 0 Å². The predicted octanol–water partition coefficient (Wildman–Crippen LogP) is 3.33. The van der Waals surface area contributed by atoms with Crippen LogP contribution >= 0.6 is 38.5 Å². The maximum absolute atomic E-state index is 12.6. The lowest BCUT2D eigenvalue weighted by atomic mass is 10.3. The molecular formula is C6H2BrF2I. The van der Waals surface area contributed by atoms with E-state index in [1.807, 2.05) is 0 Å². The highest BCUT2D eigenvalue weighted by Gasteiger charge is 2.08. The Bertz CT molecular complexity index is 235. The second-order valence-corrected chi connectivity index (χ2v) is 3.67. The third-order valence-corrected chi connectivity index (χ3v) is 2.43. The quantitative estimate of drug-likeness (QED) is 0.391. The number of hydrogen-bond acceptors (Lipinski definition) is 0. The van der Waals surface area contributed by atoms with Crippen LogP contribution in [0.1, 0.15) is 0 Å². The summed E-state index contributed by atoms with van der Waals surface area (Å²) < 4.78 is 25.6. The molecule has 0 amide bonds. The molecule has 0 spiro atoms. The highest BCUT2D eigenvalue weighted by molar-refractivity contribution is 14.1. The zero-order chi connectivity index (χ0) is 7.72. The van der Waals surface area contributed by atoms with E-state index in [1.54, 1.807) is 22.6 Å². The fourth-order valence-corrected chi connectivity index (χ4v) is 1.23. The average molecular weight is 319 g/mol. The minimum absolute atomic E-state index is 0.158. The van der Waals surface area contributed by atoms with Crippen molar-refractivity contribution in [2.45, 2.75) is 0 Å². The second-order valence-electron chi connectivity index (χ2n) is 1.66. The summed E-state index contributed by atoms with van der Waals surface area (Å²) in [5.41, 5.74) is 0. The van der Waals surface area contributed by atoms with Gasteiger partial charge >= 0.3 is 0 Å². The van der Waals surface area contributed by atoms with Gasteiger partial charge in [0.05, 0.1) is 8.04 Å². The molecule has 0 unspecified atom stereocenters. The Morgan fingerprint density at radius 2 is 1.80 bits per heavy atom. The van der Waals surface area contributed by atoms with Gasteiger partial charge in [-0.3, -0.25) is 0 Å². The van der Waals surface area contributed by atoms with Crippen LogP contribution in [0.5, 0.6) is 0 Å². The molecule has 0 nitrogen and oxygen atoms in total. The molecule has 10 heavy (non-hydrogen) atoms. The van der Waals surface area contributed by atoms with Gasteiger partial charge in [0.15, 0.2) is 11.6 Å². The standard InChI is InChI=1S/C6H2BrF2I/c7-3-1-2-4(10)6(9)5(3)8/h1-2H. The van der Waals surface area contributed by atoms with Gasteiger partial charge in [0, 0.05) is 0 Å². The van der Waals surface area contributed by atoms with E-state index in [-0.39, 0.29) is 4.47 Å². The third kappa shape index (κ3) is 1.47. The van der Waals surface area contributed by atoms with Gasteiger partial charge in [-0.25, -0.2) is 8.78 Å². The van der Waals surface area contributed by atoms with Crippen molar-refractivity contribution in [3.8, 4) is 0 Å². The molecule has 0 aliphatic carbocycles. The number of benzene rings is 1. The summed E-state index contributed by atoms with van der Waals surface area (Å²) >= 11 is 4.59. The Kier molecular flexibility index (Phi) is 2.62. The zero-order valence-corrected chi connectivity index (χ0v) is 8.41. The molecule has 0 radical (unpaired) electrons. The molecule has 54 valence electrons. The van der Waals surface area contributed by atoms with E-state index in [9.17, 15) is 8.78 Å². The molecule has 0 bridgehead atoms. The van der Waals surface area contributed by atoms with E-state index in [4.69, 9.17) is 0 Å². The van der Waals surface area contributed by atoms with Crippen molar-refractivity contribution in [2.24, 2.45) is 0 Å². The average Bonchev–Trinajstić information content (AvgIpc) is 1.93. The van der Waals surface area contributed by atoms with Crippen LogP contribution in [0.25, 0.3) is 0 Å². The first-order valence-electron chi connectivity index (χ1n) is 2.42. The van der Waals surface area contributed by atoms with Crippen LogP contribution in [-0.2, 0) is 0 Å². The van der Waals surface area contributed by atoms with Gasteiger partial charge in [-0.1, -0.05) is 0 Å². The largest absolute Gasteiger partial charge is 0.203 e. The molecule has 4 heteroatoms. The molecule has 1 aromatic carbocycles. The Labute approximate surface area is 78.9 Å². The van der Waals surface area contributed by atoms with E-state index in [1.165, 1.54) is 12.1 Å². The van der Waals surface area contributed by atoms with E-state index >= 15 is 0 Å². The summed E-state index contributed by atoms with van der Waals surface area (Å²) in [7, 11) is 0. The molecule has 0 atom stereocenters. The number of halogens is 4. The summed E-state index contributed by atoms with van der Waals surface area (Å²) in [5.74, 6) is -1.62. The normalized spacial score (nSPS) is 10.0. The zero-order valence-electron chi connectivity index (χ0n) is 4.67. The van der Waals surface area contributed by atoms with Gasteiger partial charge in [-0.05, 0) is 50.7 Å². The molecule has 1 aromatic rings. The molecule has 0 aliphatic rings. The molecule has 1 rings (SSSR count). The van der Waals surface area contributed by atoms with Crippen LogP contribution in [0.4, 0.5) is 8.78 Å². The molecule has 0 fully saturated rings. The lowest BCUT2D eigenvalue weighted by Crippen LogP contribution is -1.88. The second kappa shape index (κ2) is 3.13. The van der Waals surface area contributed by atoms with Gasteiger partial charge in [0.25, 0.3) is 0 Å². The van der Waals surface area contributed by atoms with Crippen LogP contribution < -0.4 is 0 Å². The van der Waals surface area contributed by atoms with Crippen molar-refractivity contribution in [3.63, 3.8) is 0 Å². The van der Waals surface area contributed by atoms with Crippen LogP contribution in [0.3, 0.4) is 0 Å². The lowest BCUT2D eigenvalue weighted by Gasteiger charge is -1.96. The highest BCUT2D eigenvalue weighted by Crippen LogP contribution is 2.21. The van der Waals surface area contributed by atoms with Crippen LogP contribution in [0, 0.1) is 15.2 Å². The first kappa shape index (κ1) is 8.39. The van der Waals surface area contributed by atoms with Crippen molar-refractivity contribution >= 4 is 38.5 Å². The summed E-state index contributed by atoms with van der Waals surface area (Å²) in [6.07, 6.45) is 0. The molecule has 0 saturated heterocycles. The summed E-state index contributed by atoms with van der Waals surface area (Å²) in [5, 5.41) is 0. The van der Waals surface area contributed by atoms with E-state index in [2.05, 4.69) is 15.9 Å². The summed E-state index contributed by atoms with van der Waals surface area (Å²) in [6.45, 7) is 0. The van der Waals surface area contributed by atoms with Crippen molar-refractivity contribution in [3.05, 3.63) is 31.8 Å². The fourth-order valence-electron chi connectivity index (χ4n) is 0.502. The Hall–Kier alpha value is 0.290. The number of rotatable bonds is 0. The number of hydrogen-bond donors (Lipinski definition) is 0. The van der Waals surface area contributed by atoms with Crippen LogP contribution in [-0.4, -0.2) is 0 Å². The van der Waals surface area contributed by atoms with E-state index < -0.39 is 11.6 Å². The molecular weight excluding hydrogens is 317 g/mol. The first-order valence-corrected chi connectivity index (χ1v) is 4.29. The smallest absolute Gasteiger partial charge is 0.174 e. The monoisotopic (exact) mass is 318 g/mol. The molecule has 0 aromatic heterocycles. The lowest BCUT2D eigenvalue weighted by molar-refractivity contribution is 0.499. The molecule has 0 N–H and O–H groups in total. The molecule has 0 saturated carbocycles. The first-order chi connectivity index (χ1) is 4.63. The van der Waals surface area contributed by atoms with Crippen molar-refractivity contribution in [2.75, 3.05) is 0 Å². The Morgan fingerprint density at radius 3 is 2.30 bits per heavy atom. The van der Waals surface area contributed by atoms with E-state index in [0.717, 1.165) is 0 Å². The van der Waals surface area contributed by atoms with E-state index in [0.29, 0.717) is 3.57 Å². The van der Waals surface area contributed by atoms with Crippen LogP contribution in [0.15, 0.2) is 16.6 Å². The fraction of sp³-hybridized carbons (Fsp3) is 0. The maximum atomic E-state index is 12.6. The van der Waals surface area contributed by atoms with Gasteiger partial charge < -0.3 is 0 Å². The summed E-state index contributed by atoms with van der Waals surface area (Å²) in [6, 6.07) is 2.98. The van der Waals surface area contributed by atoms with Gasteiger partial charge in [0.1, 0.15) is 0 Å². The molecule has 0 aliphatic heterocycles. The van der Waals surface area contributed by atoms with Crippen molar-refractivity contribution < 1.29 is 8.78 Å². The SMILES string of the molecule is Fc1c(Br)ccc(I)c1F. The Morgan fingerprint density at radius 1 is 1.20 bits per heavy atom. The van der Waals surface area contributed by atoms with Gasteiger partial charge in [-0.15, -0.1) is 0 Å². The third-order valence-electron chi connectivity index (χ3n) is 0.988. The minimum Gasteiger partial charge on any atom is -0.203 e. The van der Waals surface area contributed by atoms with Crippen molar-refractivity contribution in [1.29, 1.82) is 0 Å². The minimum atomic E-state index is -0.827. The van der Waals surface area contributed by atoms with Gasteiger partial charge in [-0.2, -0.15) is 0 Å². The predicted molar refractivity (Wildman–Crippen MR) is 46.8 cm³/mol. The molecule has 0 heterocycles. The highest BCUT2D eigenvalue weighted by atomic mass is 127. The topological polar surface area (TPSA) is 0 Å². The van der Waals surface area contributed by atoms with Crippen molar-refractivity contribution in [1.82, 2.24) is 0 Å². The summed E-state index contributed by atoms with van der Waals surface area (Å²) in [4.78, 5) is 0. The Balaban J connectivity index is 3.34. The maximum Gasteiger partial charge on any atom is 0.174 e. The van der Waals surface area contributed by atoms with Gasteiger partial charge in [0.2, 0.25) is 0 Å².